The first kappa shape index (κ1) is 14.9. The van der Waals surface area contributed by atoms with Gasteiger partial charge in [-0.1, -0.05) is 20.3 Å². The minimum absolute atomic E-state index is 0.320. The van der Waals surface area contributed by atoms with Gasteiger partial charge in [-0.25, -0.2) is 4.72 Å². The van der Waals surface area contributed by atoms with Gasteiger partial charge in [-0.2, -0.15) is 12.7 Å². The second kappa shape index (κ2) is 7.31. The lowest BCUT2D eigenvalue weighted by Gasteiger charge is -2.25. The van der Waals surface area contributed by atoms with Crippen molar-refractivity contribution in [3.05, 3.63) is 0 Å². The van der Waals surface area contributed by atoms with Gasteiger partial charge in [-0.15, -0.1) is 0 Å². The van der Waals surface area contributed by atoms with E-state index in [9.17, 15) is 8.42 Å². The number of hydrogen-bond acceptors (Lipinski definition) is 3. The van der Waals surface area contributed by atoms with Gasteiger partial charge >= 0.3 is 0 Å². The first-order chi connectivity index (χ1) is 8.10. The van der Waals surface area contributed by atoms with E-state index >= 15 is 0 Å². The normalized spacial score (nSPS) is 21.2. The fraction of sp³-hybridized carbons (Fsp3) is 1.00. The Balaban J connectivity index is 2.58. The zero-order valence-corrected chi connectivity index (χ0v) is 11.7. The van der Waals surface area contributed by atoms with Crippen LogP contribution in [0.5, 0.6) is 0 Å². The van der Waals surface area contributed by atoms with Gasteiger partial charge in [-0.3, -0.25) is 0 Å². The van der Waals surface area contributed by atoms with Crippen LogP contribution in [-0.2, 0) is 10.2 Å². The Labute approximate surface area is 105 Å². The molecular weight excluding hydrogens is 238 g/mol. The van der Waals surface area contributed by atoms with Crippen molar-refractivity contribution in [3.8, 4) is 0 Å². The summed E-state index contributed by atoms with van der Waals surface area (Å²) in [6.07, 6.45) is 4.14. The van der Waals surface area contributed by atoms with Crippen molar-refractivity contribution in [2.24, 2.45) is 0 Å². The predicted molar refractivity (Wildman–Crippen MR) is 70.1 cm³/mol. The molecule has 0 aliphatic carbocycles. The smallest absolute Gasteiger partial charge is 0.279 e. The Morgan fingerprint density at radius 1 is 1.41 bits per heavy atom. The molecule has 1 unspecified atom stereocenters. The van der Waals surface area contributed by atoms with Crippen molar-refractivity contribution in [3.63, 3.8) is 0 Å². The van der Waals surface area contributed by atoms with Crippen molar-refractivity contribution < 1.29 is 8.42 Å². The highest BCUT2D eigenvalue weighted by atomic mass is 32.2. The molecule has 0 aromatic carbocycles. The maximum Gasteiger partial charge on any atom is 0.279 e. The number of rotatable bonds is 8. The van der Waals surface area contributed by atoms with Crippen LogP contribution in [0.15, 0.2) is 0 Å². The Hall–Kier alpha value is -0.170. The Bertz CT molecular complexity index is 300. The van der Waals surface area contributed by atoms with Crippen molar-refractivity contribution in [2.75, 3.05) is 26.2 Å². The zero-order chi connectivity index (χ0) is 12.7. The van der Waals surface area contributed by atoms with E-state index in [2.05, 4.69) is 17.0 Å². The van der Waals surface area contributed by atoms with Gasteiger partial charge in [0.15, 0.2) is 0 Å². The van der Waals surface area contributed by atoms with E-state index in [1.165, 1.54) is 0 Å². The molecule has 5 nitrogen and oxygen atoms in total. The third-order valence-electron chi connectivity index (χ3n) is 3.01. The molecule has 0 spiro atoms. The first-order valence-corrected chi connectivity index (χ1v) is 8.02. The molecule has 1 rings (SSSR count). The lowest BCUT2D eigenvalue weighted by atomic mass is 10.2. The van der Waals surface area contributed by atoms with Crippen molar-refractivity contribution in [1.82, 2.24) is 14.3 Å². The van der Waals surface area contributed by atoms with Crippen LogP contribution in [0.2, 0.25) is 0 Å². The summed E-state index contributed by atoms with van der Waals surface area (Å²) >= 11 is 0. The largest absolute Gasteiger partial charge is 0.313 e. The highest BCUT2D eigenvalue weighted by Gasteiger charge is 2.25. The molecule has 0 aromatic rings. The van der Waals surface area contributed by atoms with Crippen molar-refractivity contribution in [1.29, 1.82) is 0 Å². The summed E-state index contributed by atoms with van der Waals surface area (Å²) in [5.41, 5.74) is 0. The van der Waals surface area contributed by atoms with Crippen LogP contribution in [0.4, 0.5) is 0 Å². The minimum atomic E-state index is -3.29. The molecule has 2 N–H and O–H groups in total. The quantitative estimate of drug-likeness (QED) is 0.677. The second-order valence-electron chi connectivity index (χ2n) is 4.51. The molecule has 1 fully saturated rings. The molecule has 0 aromatic heterocycles. The highest BCUT2D eigenvalue weighted by molar-refractivity contribution is 7.87. The lowest BCUT2D eigenvalue weighted by Crippen LogP contribution is -2.46. The van der Waals surface area contributed by atoms with Crippen LogP contribution in [0, 0.1) is 0 Å². The summed E-state index contributed by atoms with van der Waals surface area (Å²) in [5, 5.41) is 3.34. The van der Waals surface area contributed by atoms with Crippen LogP contribution in [0.1, 0.15) is 39.5 Å². The van der Waals surface area contributed by atoms with E-state index in [1.807, 2.05) is 6.92 Å². The molecule has 1 heterocycles. The molecule has 102 valence electrons. The van der Waals surface area contributed by atoms with Crippen LogP contribution in [0.3, 0.4) is 0 Å². The van der Waals surface area contributed by atoms with E-state index in [4.69, 9.17) is 0 Å². The van der Waals surface area contributed by atoms with Gasteiger partial charge in [0.2, 0.25) is 0 Å². The number of hydrogen-bond donors (Lipinski definition) is 2. The van der Waals surface area contributed by atoms with Gasteiger partial charge in [0.05, 0.1) is 0 Å². The summed E-state index contributed by atoms with van der Waals surface area (Å²) < 4.78 is 28.2. The van der Waals surface area contributed by atoms with E-state index in [0.29, 0.717) is 25.7 Å². The lowest BCUT2D eigenvalue weighted by molar-refractivity contribution is 0.359. The molecule has 0 saturated carbocycles. The molecule has 0 amide bonds. The van der Waals surface area contributed by atoms with Gasteiger partial charge < -0.3 is 5.32 Å². The molecule has 1 saturated heterocycles. The molecule has 1 aliphatic heterocycles. The molecule has 0 radical (unpaired) electrons. The SMILES string of the molecule is CCCCN(CC1CCCN1)S(=O)(=O)NCC. The topological polar surface area (TPSA) is 61.4 Å². The average molecular weight is 263 g/mol. The highest BCUT2D eigenvalue weighted by Crippen LogP contribution is 2.10. The summed E-state index contributed by atoms with van der Waals surface area (Å²) in [6.45, 7) is 6.55. The van der Waals surface area contributed by atoms with E-state index < -0.39 is 10.2 Å². The van der Waals surface area contributed by atoms with Gasteiger partial charge in [-0.05, 0) is 25.8 Å². The molecule has 17 heavy (non-hydrogen) atoms. The van der Waals surface area contributed by atoms with Gasteiger partial charge in [0, 0.05) is 25.7 Å². The zero-order valence-electron chi connectivity index (χ0n) is 10.9. The second-order valence-corrected chi connectivity index (χ2v) is 6.26. The fourth-order valence-electron chi connectivity index (χ4n) is 2.08. The molecule has 0 bridgehead atoms. The number of nitrogens with one attached hydrogen (secondary N) is 2. The molecular formula is C11H25N3O2S. The van der Waals surface area contributed by atoms with E-state index in [1.54, 1.807) is 4.31 Å². The molecule has 1 aliphatic rings. The fourth-order valence-corrected chi connectivity index (χ4v) is 3.37. The summed E-state index contributed by atoms with van der Waals surface area (Å²) in [6, 6.07) is 0.320. The summed E-state index contributed by atoms with van der Waals surface area (Å²) in [7, 11) is -3.29. The van der Waals surface area contributed by atoms with Gasteiger partial charge in [0.1, 0.15) is 0 Å². The van der Waals surface area contributed by atoms with Crippen molar-refractivity contribution >= 4 is 10.2 Å². The monoisotopic (exact) mass is 263 g/mol. The summed E-state index contributed by atoms with van der Waals surface area (Å²) in [5.74, 6) is 0. The Morgan fingerprint density at radius 2 is 2.18 bits per heavy atom. The van der Waals surface area contributed by atoms with Crippen LogP contribution in [-0.4, -0.2) is 44.9 Å². The third-order valence-corrected chi connectivity index (χ3v) is 4.68. The van der Waals surface area contributed by atoms with Crippen molar-refractivity contribution in [2.45, 2.75) is 45.6 Å². The third kappa shape index (κ3) is 4.91. The summed E-state index contributed by atoms with van der Waals surface area (Å²) in [4.78, 5) is 0. The maximum absolute atomic E-state index is 12.0. The standard InChI is InChI=1S/C11H25N3O2S/c1-3-5-9-14(17(15,16)13-4-2)10-11-7-6-8-12-11/h11-13H,3-10H2,1-2H3. The number of unbranched alkanes of at least 4 members (excludes halogenated alkanes) is 1. The van der Waals surface area contributed by atoms with Crippen LogP contribution < -0.4 is 10.0 Å². The predicted octanol–water partition coefficient (Wildman–Crippen LogP) is 0.695. The average Bonchev–Trinajstić information content (AvgIpc) is 2.76. The maximum atomic E-state index is 12.0. The van der Waals surface area contributed by atoms with Crippen LogP contribution >= 0.6 is 0 Å². The minimum Gasteiger partial charge on any atom is -0.313 e. The van der Waals surface area contributed by atoms with Gasteiger partial charge in [0.25, 0.3) is 10.2 Å². The first-order valence-electron chi connectivity index (χ1n) is 6.58. The Morgan fingerprint density at radius 3 is 2.71 bits per heavy atom. The molecule has 1 atom stereocenters. The molecule has 6 heteroatoms. The number of nitrogens with zero attached hydrogens (tertiary/aromatic N) is 1. The van der Waals surface area contributed by atoms with E-state index in [0.717, 1.165) is 32.2 Å². The Kier molecular flexibility index (Phi) is 6.40. The van der Waals surface area contributed by atoms with E-state index in [-0.39, 0.29) is 0 Å². The van der Waals surface area contributed by atoms with Crippen LogP contribution in [0.25, 0.3) is 0 Å².